The first-order valence-electron chi connectivity index (χ1n) is 7.22. The fraction of sp³-hybridized carbons (Fsp3) is 0.562. The van der Waals surface area contributed by atoms with Crippen LogP contribution < -0.4 is 0 Å². The molecular formula is C16H23ClN2. The first kappa shape index (κ1) is 14.5. The van der Waals surface area contributed by atoms with Crippen LogP contribution in [0.2, 0.25) is 0 Å². The van der Waals surface area contributed by atoms with E-state index in [1.54, 1.807) is 6.20 Å². The van der Waals surface area contributed by atoms with Gasteiger partial charge in [0.25, 0.3) is 0 Å². The Morgan fingerprint density at radius 3 is 2.95 bits per heavy atom. The van der Waals surface area contributed by atoms with E-state index in [0.717, 1.165) is 18.7 Å². The van der Waals surface area contributed by atoms with E-state index in [9.17, 15) is 0 Å². The van der Waals surface area contributed by atoms with Gasteiger partial charge in [-0.05, 0) is 36.1 Å². The number of aromatic nitrogens is 1. The molecule has 0 bridgehead atoms. The summed E-state index contributed by atoms with van der Waals surface area (Å²) in [6, 6.07) is 4.07. The highest BCUT2D eigenvalue weighted by molar-refractivity contribution is 6.26. The van der Waals surface area contributed by atoms with Gasteiger partial charge in [-0.2, -0.15) is 0 Å². The maximum absolute atomic E-state index is 6.66. The molecule has 104 valence electrons. The molecule has 0 fully saturated rings. The topological polar surface area (TPSA) is 16.1 Å². The van der Waals surface area contributed by atoms with Crippen molar-refractivity contribution in [2.45, 2.75) is 38.6 Å². The molecule has 3 heteroatoms. The highest BCUT2D eigenvalue weighted by Gasteiger charge is 2.26. The van der Waals surface area contributed by atoms with Gasteiger partial charge in [-0.1, -0.05) is 38.8 Å². The summed E-state index contributed by atoms with van der Waals surface area (Å²) in [7, 11) is 0. The molecule has 2 heterocycles. The zero-order valence-corrected chi connectivity index (χ0v) is 12.6. The Bertz CT molecular complexity index is 416. The van der Waals surface area contributed by atoms with Gasteiger partial charge in [-0.3, -0.25) is 9.88 Å². The third-order valence-corrected chi connectivity index (χ3v) is 4.12. The molecule has 1 aromatic rings. The van der Waals surface area contributed by atoms with Gasteiger partial charge in [0.15, 0.2) is 0 Å². The first-order valence-corrected chi connectivity index (χ1v) is 7.66. The molecule has 2 atom stereocenters. The Morgan fingerprint density at radius 2 is 2.26 bits per heavy atom. The molecule has 1 aliphatic heterocycles. The smallest absolute Gasteiger partial charge is 0.111 e. The largest absolute Gasteiger partial charge is 0.283 e. The van der Waals surface area contributed by atoms with Gasteiger partial charge in [0.05, 0.1) is 0 Å². The lowest BCUT2D eigenvalue weighted by molar-refractivity contribution is 0.246. The predicted molar refractivity (Wildman–Crippen MR) is 82.1 cm³/mol. The van der Waals surface area contributed by atoms with Gasteiger partial charge in [-0.25, -0.2) is 0 Å². The van der Waals surface area contributed by atoms with Gasteiger partial charge < -0.3 is 0 Å². The standard InChI is InChI=1S/C16H23ClN2/c1-3-4-5-9-19-12-13(2)10-15(16(19)17)14-7-6-8-18-11-14/h6-8,10-11,13,16H,3-5,9,12H2,1-2H3. The van der Waals surface area contributed by atoms with Crippen LogP contribution in [0.4, 0.5) is 0 Å². The van der Waals surface area contributed by atoms with Gasteiger partial charge in [0, 0.05) is 18.9 Å². The van der Waals surface area contributed by atoms with Crippen molar-refractivity contribution in [1.82, 2.24) is 9.88 Å². The van der Waals surface area contributed by atoms with Crippen LogP contribution in [0.1, 0.15) is 38.7 Å². The van der Waals surface area contributed by atoms with Crippen molar-refractivity contribution < 1.29 is 0 Å². The van der Waals surface area contributed by atoms with Crippen LogP contribution in [-0.4, -0.2) is 28.5 Å². The van der Waals surface area contributed by atoms with Crippen LogP contribution in [-0.2, 0) is 0 Å². The van der Waals surface area contributed by atoms with E-state index in [1.165, 1.54) is 24.8 Å². The zero-order chi connectivity index (χ0) is 13.7. The number of hydrogen-bond acceptors (Lipinski definition) is 2. The molecule has 0 aromatic carbocycles. The summed E-state index contributed by atoms with van der Waals surface area (Å²) in [4.78, 5) is 6.59. The van der Waals surface area contributed by atoms with Crippen molar-refractivity contribution in [3.63, 3.8) is 0 Å². The molecule has 19 heavy (non-hydrogen) atoms. The number of rotatable bonds is 5. The van der Waals surface area contributed by atoms with Crippen LogP contribution in [0.5, 0.6) is 0 Å². The number of unbranched alkanes of at least 4 members (excludes halogenated alkanes) is 2. The minimum atomic E-state index is -0.0164. The summed E-state index contributed by atoms with van der Waals surface area (Å²) < 4.78 is 0. The average Bonchev–Trinajstić information content (AvgIpc) is 2.43. The molecule has 1 aromatic heterocycles. The second-order valence-corrected chi connectivity index (χ2v) is 5.79. The molecule has 0 N–H and O–H groups in total. The van der Waals surface area contributed by atoms with Crippen molar-refractivity contribution in [2.24, 2.45) is 5.92 Å². The van der Waals surface area contributed by atoms with E-state index in [-0.39, 0.29) is 5.50 Å². The fourth-order valence-corrected chi connectivity index (χ4v) is 3.01. The van der Waals surface area contributed by atoms with Crippen LogP contribution in [0.25, 0.3) is 5.57 Å². The molecule has 0 radical (unpaired) electrons. The highest BCUT2D eigenvalue weighted by Crippen LogP contribution is 2.31. The number of pyridine rings is 1. The quantitative estimate of drug-likeness (QED) is 0.456. The van der Waals surface area contributed by atoms with E-state index in [1.807, 2.05) is 12.3 Å². The van der Waals surface area contributed by atoms with Crippen LogP contribution in [0, 0.1) is 5.92 Å². The van der Waals surface area contributed by atoms with Crippen molar-refractivity contribution in [3.05, 3.63) is 36.2 Å². The summed E-state index contributed by atoms with van der Waals surface area (Å²) in [5, 5.41) is 0. The Kier molecular flexibility index (Phi) is 5.41. The monoisotopic (exact) mass is 278 g/mol. The first-order chi connectivity index (χ1) is 9.22. The second kappa shape index (κ2) is 7.06. The molecule has 2 unspecified atom stereocenters. The van der Waals surface area contributed by atoms with Crippen molar-refractivity contribution in [1.29, 1.82) is 0 Å². The summed E-state index contributed by atoms with van der Waals surface area (Å²) in [5.74, 6) is 0.548. The number of nitrogens with zero attached hydrogens (tertiary/aromatic N) is 2. The Morgan fingerprint density at radius 1 is 1.42 bits per heavy atom. The Balaban J connectivity index is 2.10. The lowest BCUT2D eigenvalue weighted by Gasteiger charge is -2.35. The third-order valence-electron chi connectivity index (χ3n) is 3.61. The normalized spacial score (nSPS) is 24.3. The van der Waals surface area contributed by atoms with Gasteiger partial charge in [-0.15, -0.1) is 11.6 Å². The predicted octanol–water partition coefficient (Wildman–Crippen LogP) is 4.17. The average molecular weight is 279 g/mol. The van der Waals surface area contributed by atoms with Crippen molar-refractivity contribution in [3.8, 4) is 0 Å². The molecule has 2 rings (SSSR count). The summed E-state index contributed by atoms with van der Waals surface area (Å²) in [6.45, 7) is 6.63. The Labute approximate surface area is 121 Å². The van der Waals surface area contributed by atoms with E-state index in [4.69, 9.17) is 11.6 Å². The van der Waals surface area contributed by atoms with Crippen molar-refractivity contribution in [2.75, 3.05) is 13.1 Å². The molecule has 2 nitrogen and oxygen atoms in total. The second-order valence-electron chi connectivity index (χ2n) is 5.38. The zero-order valence-electron chi connectivity index (χ0n) is 11.8. The third kappa shape index (κ3) is 3.80. The molecule has 0 amide bonds. The SMILES string of the molecule is CCCCCN1CC(C)C=C(c2cccnc2)C1Cl. The van der Waals surface area contributed by atoms with Crippen LogP contribution >= 0.6 is 11.6 Å². The minimum Gasteiger partial charge on any atom is -0.283 e. The van der Waals surface area contributed by atoms with E-state index in [2.05, 4.69) is 35.9 Å². The lowest BCUT2D eigenvalue weighted by atomic mass is 9.96. The Hall–Kier alpha value is -0.860. The van der Waals surface area contributed by atoms with E-state index in [0.29, 0.717) is 5.92 Å². The molecule has 0 spiro atoms. The number of hydrogen-bond donors (Lipinski definition) is 0. The van der Waals surface area contributed by atoms with Gasteiger partial charge in [0.2, 0.25) is 0 Å². The maximum atomic E-state index is 6.66. The lowest BCUT2D eigenvalue weighted by Crippen LogP contribution is -2.39. The highest BCUT2D eigenvalue weighted by atomic mass is 35.5. The van der Waals surface area contributed by atoms with E-state index < -0.39 is 0 Å². The maximum Gasteiger partial charge on any atom is 0.111 e. The minimum absolute atomic E-state index is 0.0164. The van der Waals surface area contributed by atoms with Gasteiger partial charge >= 0.3 is 0 Å². The fourth-order valence-electron chi connectivity index (χ4n) is 2.63. The van der Waals surface area contributed by atoms with E-state index >= 15 is 0 Å². The van der Waals surface area contributed by atoms with Gasteiger partial charge in [0.1, 0.15) is 5.50 Å². The van der Waals surface area contributed by atoms with Crippen LogP contribution in [0.15, 0.2) is 30.6 Å². The summed E-state index contributed by atoms with van der Waals surface area (Å²) >= 11 is 6.66. The van der Waals surface area contributed by atoms with Crippen LogP contribution in [0.3, 0.4) is 0 Å². The molecule has 0 saturated carbocycles. The number of alkyl halides is 1. The molecular weight excluding hydrogens is 256 g/mol. The summed E-state index contributed by atoms with van der Waals surface area (Å²) in [5.41, 5.74) is 2.34. The van der Waals surface area contributed by atoms with Crippen molar-refractivity contribution >= 4 is 17.2 Å². The molecule has 0 saturated heterocycles. The number of halogens is 1. The molecule has 1 aliphatic rings. The summed E-state index contributed by atoms with van der Waals surface area (Å²) in [6.07, 6.45) is 9.77. The molecule has 0 aliphatic carbocycles.